The fourth-order valence-electron chi connectivity index (χ4n) is 3.06. The first-order chi connectivity index (χ1) is 13.9. The molecule has 3 aromatic rings. The van der Waals surface area contributed by atoms with Crippen LogP contribution in [0.2, 0.25) is 0 Å². The molecule has 3 aromatic carbocycles. The van der Waals surface area contributed by atoms with Crippen molar-refractivity contribution in [1.29, 1.82) is 0 Å². The molecule has 0 saturated heterocycles. The number of rotatable bonds is 7. The van der Waals surface area contributed by atoms with Gasteiger partial charge in [-0.1, -0.05) is 30.3 Å². The zero-order chi connectivity index (χ0) is 21.0. The van der Waals surface area contributed by atoms with Gasteiger partial charge in [0.15, 0.2) is 11.5 Å². The summed E-state index contributed by atoms with van der Waals surface area (Å²) in [5.74, 6) is 0.451. The van der Waals surface area contributed by atoms with Gasteiger partial charge in [0.1, 0.15) is 5.82 Å². The predicted octanol–water partition coefficient (Wildman–Crippen LogP) is 4.55. The summed E-state index contributed by atoms with van der Waals surface area (Å²) in [7, 11) is -0.939. The molecule has 0 fully saturated rings. The summed E-state index contributed by atoms with van der Waals surface area (Å²) in [6, 6.07) is 17.5. The Hall–Kier alpha value is -3.06. The largest absolute Gasteiger partial charge is 0.493 e. The lowest BCUT2D eigenvalue weighted by Gasteiger charge is -2.26. The molecule has 0 unspecified atom stereocenters. The maximum atomic E-state index is 13.7. The highest BCUT2D eigenvalue weighted by Gasteiger charge is 2.27. The Bertz CT molecular complexity index is 1120. The third-order valence-corrected chi connectivity index (χ3v) is 6.47. The Kier molecular flexibility index (Phi) is 6.08. The van der Waals surface area contributed by atoms with E-state index in [0.29, 0.717) is 28.3 Å². The first kappa shape index (κ1) is 20.7. The fraction of sp³-hybridized carbons (Fsp3) is 0.182. The molecule has 152 valence electrons. The number of sulfonamides is 1. The van der Waals surface area contributed by atoms with Crippen LogP contribution < -0.4 is 13.8 Å². The second kappa shape index (κ2) is 8.53. The zero-order valence-electron chi connectivity index (χ0n) is 16.4. The average Bonchev–Trinajstić information content (AvgIpc) is 2.71. The van der Waals surface area contributed by atoms with Crippen LogP contribution in [0.5, 0.6) is 11.5 Å². The molecule has 0 heterocycles. The number of ether oxygens (including phenoxy) is 2. The van der Waals surface area contributed by atoms with Gasteiger partial charge in [-0.3, -0.25) is 4.31 Å². The minimum absolute atomic E-state index is 0.0378. The molecule has 0 spiro atoms. The average molecular weight is 415 g/mol. The molecule has 0 aliphatic carbocycles. The highest BCUT2D eigenvalue weighted by Crippen LogP contribution is 2.35. The number of halogens is 1. The van der Waals surface area contributed by atoms with Crippen molar-refractivity contribution in [2.75, 3.05) is 18.5 Å². The van der Waals surface area contributed by atoms with Crippen molar-refractivity contribution in [2.24, 2.45) is 0 Å². The molecule has 0 radical (unpaired) electrons. The van der Waals surface area contributed by atoms with Crippen molar-refractivity contribution in [2.45, 2.75) is 18.4 Å². The summed E-state index contributed by atoms with van der Waals surface area (Å²) in [5, 5.41) is 0. The first-order valence-electron chi connectivity index (χ1n) is 8.91. The number of anilines is 1. The van der Waals surface area contributed by atoms with Crippen LogP contribution in [0.4, 0.5) is 10.1 Å². The lowest BCUT2D eigenvalue weighted by molar-refractivity contribution is 0.355. The Morgan fingerprint density at radius 2 is 1.62 bits per heavy atom. The molecule has 0 aliphatic heterocycles. The van der Waals surface area contributed by atoms with Crippen molar-refractivity contribution >= 4 is 15.7 Å². The van der Waals surface area contributed by atoms with Crippen molar-refractivity contribution in [3.63, 3.8) is 0 Å². The number of benzene rings is 3. The van der Waals surface area contributed by atoms with Gasteiger partial charge in [-0.15, -0.1) is 0 Å². The highest BCUT2D eigenvalue weighted by atomic mass is 32.2. The van der Waals surface area contributed by atoms with Crippen molar-refractivity contribution in [3.05, 3.63) is 83.7 Å². The number of methoxy groups -OCH3 is 2. The Morgan fingerprint density at radius 3 is 2.28 bits per heavy atom. The molecule has 0 bridgehead atoms. The maximum Gasteiger partial charge on any atom is 0.264 e. The number of hydrogen-bond donors (Lipinski definition) is 0. The van der Waals surface area contributed by atoms with E-state index < -0.39 is 15.8 Å². The summed E-state index contributed by atoms with van der Waals surface area (Å²) < 4.78 is 52.7. The second-order valence-corrected chi connectivity index (χ2v) is 8.28. The van der Waals surface area contributed by atoms with Crippen LogP contribution in [-0.4, -0.2) is 22.6 Å². The van der Waals surface area contributed by atoms with Crippen LogP contribution in [0.25, 0.3) is 0 Å². The van der Waals surface area contributed by atoms with Crippen molar-refractivity contribution in [1.82, 2.24) is 0 Å². The highest BCUT2D eigenvalue weighted by molar-refractivity contribution is 7.92. The lowest BCUT2D eigenvalue weighted by atomic mass is 10.2. The van der Waals surface area contributed by atoms with Gasteiger partial charge >= 0.3 is 0 Å². The maximum absolute atomic E-state index is 13.7. The van der Waals surface area contributed by atoms with Gasteiger partial charge in [-0.2, -0.15) is 0 Å². The molecular formula is C22H22FNO4S. The van der Waals surface area contributed by atoms with E-state index >= 15 is 0 Å². The van der Waals surface area contributed by atoms with Crippen LogP contribution in [0.3, 0.4) is 0 Å². The Balaban J connectivity index is 2.15. The smallest absolute Gasteiger partial charge is 0.264 e. The Morgan fingerprint density at radius 1 is 0.897 bits per heavy atom. The van der Waals surface area contributed by atoms with Crippen LogP contribution in [0.15, 0.2) is 71.6 Å². The van der Waals surface area contributed by atoms with E-state index in [1.165, 1.54) is 30.7 Å². The van der Waals surface area contributed by atoms with Gasteiger partial charge in [-0.25, -0.2) is 12.8 Å². The third kappa shape index (κ3) is 4.35. The summed E-state index contributed by atoms with van der Waals surface area (Å²) in [6.07, 6.45) is 0. The molecule has 0 saturated carbocycles. The van der Waals surface area contributed by atoms with E-state index in [1.54, 1.807) is 61.5 Å². The molecule has 29 heavy (non-hydrogen) atoms. The van der Waals surface area contributed by atoms with E-state index in [1.807, 2.05) is 0 Å². The topological polar surface area (TPSA) is 55.8 Å². The van der Waals surface area contributed by atoms with E-state index in [-0.39, 0.29) is 11.4 Å². The monoisotopic (exact) mass is 415 g/mol. The van der Waals surface area contributed by atoms with E-state index in [2.05, 4.69) is 0 Å². The molecule has 0 atom stereocenters. The summed E-state index contributed by atoms with van der Waals surface area (Å²) in [6.45, 7) is 1.70. The zero-order valence-corrected chi connectivity index (χ0v) is 17.2. The summed E-state index contributed by atoms with van der Waals surface area (Å²) >= 11 is 0. The standard InChI is InChI=1S/C22H22FNO4S/c1-16-7-4-5-10-22(16)29(25,26)24(15-17-8-6-9-18(23)13-17)19-11-12-20(27-2)21(14-19)28-3/h4-14H,15H2,1-3H3. The predicted molar refractivity (Wildman–Crippen MR) is 110 cm³/mol. The lowest BCUT2D eigenvalue weighted by Crippen LogP contribution is -2.31. The molecule has 0 aliphatic rings. The number of nitrogens with zero attached hydrogens (tertiary/aromatic N) is 1. The molecule has 7 heteroatoms. The number of hydrogen-bond acceptors (Lipinski definition) is 4. The SMILES string of the molecule is COc1ccc(N(Cc2cccc(F)c2)S(=O)(=O)c2ccccc2C)cc1OC. The van der Waals surface area contributed by atoms with Crippen molar-refractivity contribution in [3.8, 4) is 11.5 Å². The summed E-state index contributed by atoms with van der Waals surface area (Å²) in [5.41, 5.74) is 1.53. The van der Waals surface area contributed by atoms with E-state index in [4.69, 9.17) is 9.47 Å². The minimum atomic E-state index is -3.93. The molecule has 0 aromatic heterocycles. The van der Waals surface area contributed by atoms with E-state index in [9.17, 15) is 12.8 Å². The molecule has 0 N–H and O–H groups in total. The van der Waals surface area contributed by atoms with Gasteiger partial charge in [0.25, 0.3) is 10.0 Å². The van der Waals surface area contributed by atoms with Gasteiger partial charge in [0, 0.05) is 6.07 Å². The molecule has 5 nitrogen and oxygen atoms in total. The quantitative estimate of drug-likeness (QED) is 0.568. The number of aryl methyl sites for hydroxylation is 1. The van der Waals surface area contributed by atoms with Gasteiger partial charge in [0.05, 0.1) is 31.3 Å². The normalized spacial score (nSPS) is 11.2. The Labute approximate surface area is 170 Å². The van der Waals surface area contributed by atoms with Crippen LogP contribution in [0.1, 0.15) is 11.1 Å². The van der Waals surface area contributed by atoms with Crippen LogP contribution in [-0.2, 0) is 16.6 Å². The van der Waals surface area contributed by atoms with E-state index in [0.717, 1.165) is 0 Å². The molecular weight excluding hydrogens is 393 g/mol. The van der Waals surface area contributed by atoms with Crippen molar-refractivity contribution < 1.29 is 22.3 Å². The van der Waals surface area contributed by atoms with Gasteiger partial charge < -0.3 is 9.47 Å². The van der Waals surface area contributed by atoms with Gasteiger partial charge in [-0.05, 0) is 48.4 Å². The summed E-state index contributed by atoms with van der Waals surface area (Å²) in [4.78, 5) is 0.186. The van der Waals surface area contributed by atoms with Gasteiger partial charge in [0.2, 0.25) is 0 Å². The second-order valence-electron chi connectivity index (χ2n) is 6.45. The third-order valence-electron chi connectivity index (χ3n) is 4.53. The van der Waals surface area contributed by atoms with Crippen LogP contribution >= 0.6 is 0 Å². The van der Waals surface area contributed by atoms with Crippen LogP contribution in [0, 0.1) is 12.7 Å². The molecule has 3 rings (SSSR count). The minimum Gasteiger partial charge on any atom is -0.493 e. The molecule has 0 amide bonds. The first-order valence-corrected chi connectivity index (χ1v) is 10.4. The fourth-order valence-corrected chi connectivity index (χ4v) is 4.73.